The molecule has 0 saturated heterocycles. The smallest absolute Gasteiger partial charge is 0.000846 e. The Morgan fingerprint density at radius 3 is 2.77 bits per heavy atom. The van der Waals surface area contributed by atoms with Gasteiger partial charge in [-0.15, -0.1) is 0 Å². The molecule has 1 aliphatic rings. The summed E-state index contributed by atoms with van der Waals surface area (Å²) < 4.78 is 0. The van der Waals surface area contributed by atoms with Crippen LogP contribution in [0.25, 0.3) is 0 Å². The summed E-state index contributed by atoms with van der Waals surface area (Å²) in [5, 5.41) is 3.51. The van der Waals surface area contributed by atoms with Gasteiger partial charge < -0.3 is 11.1 Å². The summed E-state index contributed by atoms with van der Waals surface area (Å²) >= 11 is 0. The number of hydrogen-bond acceptors (Lipinski definition) is 2. The van der Waals surface area contributed by atoms with Crippen molar-refractivity contribution in [3.63, 3.8) is 0 Å². The third kappa shape index (κ3) is 5.27. The maximum Gasteiger partial charge on any atom is -0.000846 e. The van der Waals surface area contributed by atoms with Crippen LogP contribution in [0.15, 0.2) is 0 Å². The van der Waals surface area contributed by atoms with Crippen LogP contribution >= 0.6 is 0 Å². The number of rotatable bonds is 8. The minimum absolute atomic E-state index is 0.698. The Morgan fingerprint density at radius 1 is 1.46 bits per heavy atom. The highest BCUT2D eigenvalue weighted by Crippen LogP contribution is 2.31. The normalized spacial score (nSPS) is 18.9. The van der Waals surface area contributed by atoms with Gasteiger partial charge in [-0.1, -0.05) is 26.2 Å². The molecule has 1 unspecified atom stereocenters. The van der Waals surface area contributed by atoms with Gasteiger partial charge in [-0.3, -0.25) is 0 Å². The Morgan fingerprint density at radius 2 is 2.23 bits per heavy atom. The minimum Gasteiger partial charge on any atom is -0.330 e. The molecule has 2 heteroatoms. The second-order valence-electron chi connectivity index (χ2n) is 4.33. The molecule has 0 aliphatic heterocycles. The molecular formula is C11H24N2. The molecule has 0 bridgehead atoms. The molecule has 1 atom stereocenters. The van der Waals surface area contributed by atoms with Crippen LogP contribution in [0.2, 0.25) is 0 Å². The molecule has 0 heterocycles. The van der Waals surface area contributed by atoms with Gasteiger partial charge in [0.05, 0.1) is 0 Å². The average molecular weight is 184 g/mol. The third-order valence-electron chi connectivity index (χ3n) is 2.89. The van der Waals surface area contributed by atoms with Crippen molar-refractivity contribution in [2.24, 2.45) is 17.6 Å². The van der Waals surface area contributed by atoms with E-state index in [0.717, 1.165) is 19.0 Å². The highest BCUT2D eigenvalue weighted by atomic mass is 14.9. The van der Waals surface area contributed by atoms with Crippen molar-refractivity contribution >= 4 is 0 Å². The van der Waals surface area contributed by atoms with Crippen molar-refractivity contribution in [3.8, 4) is 0 Å². The molecule has 1 saturated carbocycles. The van der Waals surface area contributed by atoms with E-state index in [1.54, 1.807) is 0 Å². The summed E-state index contributed by atoms with van der Waals surface area (Å²) in [5.74, 6) is 1.75. The van der Waals surface area contributed by atoms with Gasteiger partial charge in [-0.25, -0.2) is 0 Å². The van der Waals surface area contributed by atoms with Crippen molar-refractivity contribution < 1.29 is 0 Å². The molecule has 0 aromatic heterocycles. The van der Waals surface area contributed by atoms with Crippen LogP contribution in [-0.2, 0) is 0 Å². The lowest BCUT2D eigenvalue weighted by Crippen LogP contribution is -2.29. The fraction of sp³-hybridized carbons (Fsp3) is 1.00. The van der Waals surface area contributed by atoms with Crippen molar-refractivity contribution in [3.05, 3.63) is 0 Å². The van der Waals surface area contributed by atoms with Gasteiger partial charge >= 0.3 is 0 Å². The van der Waals surface area contributed by atoms with Crippen molar-refractivity contribution in [2.75, 3.05) is 19.6 Å². The summed E-state index contributed by atoms with van der Waals surface area (Å²) in [6.07, 6.45) is 6.84. The highest BCUT2D eigenvalue weighted by Gasteiger charge is 2.20. The molecule has 0 aromatic carbocycles. The zero-order valence-electron chi connectivity index (χ0n) is 8.89. The highest BCUT2D eigenvalue weighted by molar-refractivity contribution is 4.74. The van der Waals surface area contributed by atoms with Gasteiger partial charge in [-0.05, 0) is 44.3 Å². The standard InChI is InChI=1S/C11H24N2/c1-2-3-11(8-12)9-13-7-6-10-4-5-10/h10-11,13H,2-9,12H2,1H3. The van der Waals surface area contributed by atoms with Crippen LogP contribution in [0.1, 0.15) is 39.0 Å². The minimum atomic E-state index is 0.698. The van der Waals surface area contributed by atoms with E-state index in [9.17, 15) is 0 Å². The van der Waals surface area contributed by atoms with Crippen molar-refractivity contribution in [1.29, 1.82) is 0 Å². The first-order valence-corrected chi connectivity index (χ1v) is 5.77. The lowest BCUT2D eigenvalue weighted by Gasteiger charge is -2.14. The summed E-state index contributed by atoms with van der Waals surface area (Å²) in [4.78, 5) is 0. The van der Waals surface area contributed by atoms with Crippen LogP contribution in [0.5, 0.6) is 0 Å². The molecule has 3 N–H and O–H groups in total. The summed E-state index contributed by atoms with van der Waals surface area (Å²) in [7, 11) is 0. The first kappa shape index (κ1) is 11.0. The van der Waals surface area contributed by atoms with Crippen LogP contribution < -0.4 is 11.1 Å². The number of hydrogen-bond donors (Lipinski definition) is 2. The van der Waals surface area contributed by atoms with Gasteiger partial charge in [0.25, 0.3) is 0 Å². The molecule has 13 heavy (non-hydrogen) atoms. The fourth-order valence-electron chi connectivity index (χ4n) is 1.73. The lowest BCUT2D eigenvalue weighted by atomic mass is 10.0. The van der Waals surface area contributed by atoms with Gasteiger partial charge in [0.1, 0.15) is 0 Å². The molecule has 0 aromatic rings. The molecule has 1 fully saturated rings. The van der Waals surface area contributed by atoms with E-state index in [4.69, 9.17) is 5.73 Å². The van der Waals surface area contributed by atoms with E-state index in [1.165, 1.54) is 38.6 Å². The summed E-state index contributed by atoms with van der Waals surface area (Å²) in [6.45, 7) is 5.39. The Kier molecular flexibility index (Phi) is 5.40. The van der Waals surface area contributed by atoms with Crippen molar-refractivity contribution in [1.82, 2.24) is 5.32 Å². The molecule has 0 radical (unpaired) electrons. The Labute approximate surface area is 82.3 Å². The van der Waals surface area contributed by atoms with Gasteiger partial charge in [-0.2, -0.15) is 0 Å². The second kappa shape index (κ2) is 6.39. The van der Waals surface area contributed by atoms with Gasteiger partial charge in [0.2, 0.25) is 0 Å². The molecule has 1 aliphatic carbocycles. The average Bonchev–Trinajstić information content (AvgIpc) is 2.94. The van der Waals surface area contributed by atoms with E-state index < -0.39 is 0 Å². The lowest BCUT2D eigenvalue weighted by molar-refractivity contribution is 0.444. The molecular weight excluding hydrogens is 160 g/mol. The molecule has 78 valence electrons. The maximum atomic E-state index is 5.67. The van der Waals surface area contributed by atoms with E-state index in [-0.39, 0.29) is 0 Å². The van der Waals surface area contributed by atoms with E-state index in [1.807, 2.05) is 0 Å². The predicted octanol–water partition coefficient (Wildman–Crippen LogP) is 1.75. The molecule has 2 nitrogen and oxygen atoms in total. The Balaban J connectivity index is 1.88. The fourth-order valence-corrected chi connectivity index (χ4v) is 1.73. The molecule has 0 spiro atoms. The van der Waals surface area contributed by atoms with Crippen molar-refractivity contribution in [2.45, 2.75) is 39.0 Å². The Bertz CT molecular complexity index is 121. The quantitative estimate of drug-likeness (QED) is 0.564. The maximum absolute atomic E-state index is 5.67. The monoisotopic (exact) mass is 184 g/mol. The Hall–Kier alpha value is -0.0800. The van der Waals surface area contributed by atoms with Crippen LogP contribution in [0, 0.1) is 11.8 Å². The number of nitrogens with two attached hydrogens (primary N) is 1. The largest absolute Gasteiger partial charge is 0.330 e. The van der Waals surface area contributed by atoms with E-state index >= 15 is 0 Å². The first-order chi connectivity index (χ1) is 6.36. The molecule has 0 amide bonds. The summed E-state index contributed by atoms with van der Waals surface area (Å²) in [6, 6.07) is 0. The van der Waals surface area contributed by atoms with Crippen LogP contribution in [0.3, 0.4) is 0 Å². The third-order valence-corrected chi connectivity index (χ3v) is 2.89. The first-order valence-electron chi connectivity index (χ1n) is 5.77. The van der Waals surface area contributed by atoms with Crippen LogP contribution in [-0.4, -0.2) is 19.6 Å². The predicted molar refractivity (Wildman–Crippen MR) is 57.7 cm³/mol. The zero-order chi connectivity index (χ0) is 9.52. The topological polar surface area (TPSA) is 38.0 Å². The van der Waals surface area contributed by atoms with E-state index in [2.05, 4.69) is 12.2 Å². The van der Waals surface area contributed by atoms with Gasteiger partial charge in [0.15, 0.2) is 0 Å². The SMILES string of the molecule is CCCC(CN)CNCCC1CC1. The number of nitrogens with one attached hydrogen (secondary N) is 1. The zero-order valence-corrected chi connectivity index (χ0v) is 8.89. The molecule has 1 rings (SSSR count). The van der Waals surface area contributed by atoms with Crippen LogP contribution in [0.4, 0.5) is 0 Å². The second-order valence-corrected chi connectivity index (χ2v) is 4.33. The van der Waals surface area contributed by atoms with E-state index in [0.29, 0.717) is 5.92 Å². The summed E-state index contributed by atoms with van der Waals surface area (Å²) in [5.41, 5.74) is 5.67. The van der Waals surface area contributed by atoms with Gasteiger partial charge in [0, 0.05) is 0 Å².